The van der Waals surface area contributed by atoms with Gasteiger partial charge in [0.2, 0.25) is 5.88 Å². The van der Waals surface area contributed by atoms with Crippen LogP contribution >= 0.6 is 0 Å². The summed E-state index contributed by atoms with van der Waals surface area (Å²) in [6.07, 6.45) is 4.06. The number of benzene rings is 1. The van der Waals surface area contributed by atoms with Crippen molar-refractivity contribution in [2.75, 3.05) is 7.11 Å². The number of hydrogen-bond donors (Lipinski definition) is 1. The molecule has 2 heterocycles. The lowest BCUT2D eigenvalue weighted by molar-refractivity contribution is -0.385. The molecule has 0 aliphatic rings. The molecule has 2 aromatic heterocycles. The molecule has 1 amide bonds. The fourth-order valence-electron chi connectivity index (χ4n) is 2.22. The number of carbonyl (C=O) groups is 1. The number of rotatable bonds is 7. The number of nitrogens with zero attached hydrogens (tertiary/aromatic N) is 4. The van der Waals surface area contributed by atoms with E-state index in [1.54, 1.807) is 36.4 Å². The maximum atomic E-state index is 11.9. The highest BCUT2D eigenvalue weighted by molar-refractivity contribution is 5.93. The summed E-state index contributed by atoms with van der Waals surface area (Å²) in [4.78, 5) is 29.9. The van der Waals surface area contributed by atoms with E-state index < -0.39 is 10.8 Å². The zero-order chi connectivity index (χ0) is 20.6. The predicted molar refractivity (Wildman–Crippen MR) is 103 cm³/mol. The molecule has 0 fully saturated rings. The number of carbonyl (C=O) groups excluding carboxylic acids is 1. The lowest BCUT2D eigenvalue weighted by atomic mass is 10.2. The van der Waals surface area contributed by atoms with Gasteiger partial charge in [-0.3, -0.25) is 19.9 Å². The Kier molecular flexibility index (Phi) is 6.05. The standard InChI is InChI=1S/C19H15N5O5/c1-28-17-10-13(11-22-23-19(25)15-4-2-3-9-20-15)5-7-16(17)29-18-8-6-14(12-21-18)24(26)27/h2-12H,1H3,(H,23,25). The van der Waals surface area contributed by atoms with Crippen LogP contribution in [0.2, 0.25) is 0 Å². The van der Waals surface area contributed by atoms with Crippen molar-refractivity contribution in [3.63, 3.8) is 0 Å². The summed E-state index contributed by atoms with van der Waals surface area (Å²) in [6, 6.07) is 12.6. The number of amides is 1. The summed E-state index contributed by atoms with van der Waals surface area (Å²) < 4.78 is 10.9. The van der Waals surface area contributed by atoms with Crippen molar-refractivity contribution in [2.45, 2.75) is 0 Å². The van der Waals surface area contributed by atoms with Crippen molar-refractivity contribution >= 4 is 17.8 Å². The van der Waals surface area contributed by atoms with Crippen LogP contribution in [0.15, 0.2) is 66.0 Å². The summed E-state index contributed by atoms with van der Waals surface area (Å²) in [6.45, 7) is 0. The van der Waals surface area contributed by atoms with E-state index in [1.807, 2.05) is 0 Å². The highest BCUT2D eigenvalue weighted by Crippen LogP contribution is 2.31. The van der Waals surface area contributed by atoms with E-state index in [0.29, 0.717) is 17.1 Å². The summed E-state index contributed by atoms with van der Waals surface area (Å²) in [5.41, 5.74) is 3.15. The van der Waals surface area contributed by atoms with Crippen LogP contribution in [0.1, 0.15) is 16.1 Å². The molecule has 3 rings (SSSR count). The Morgan fingerprint density at radius 2 is 2.03 bits per heavy atom. The molecule has 1 N–H and O–H groups in total. The monoisotopic (exact) mass is 393 g/mol. The van der Waals surface area contributed by atoms with Crippen LogP contribution in [0.3, 0.4) is 0 Å². The lowest BCUT2D eigenvalue weighted by Crippen LogP contribution is -2.18. The fraction of sp³-hybridized carbons (Fsp3) is 0.0526. The van der Waals surface area contributed by atoms with Crippen molar-refractivity contribution < 1.29 is 19.2 Å². The third kappa shape index (κ3) is 5.10. The minimum Gasteiger partial charge on any atom is -0.493 e. The Morgan fingerprint density at radius 3 is 2.69 bits per heavy atom. The Hall–Kier alpha value is -4.34. The van der Waals surface area contributed by atoms with E-state index in [0.717, 1.165) is 6.20 Å². The first kappa shape index (κ1) is 19.4. The third-order valence-electron chi connectivity index (χ3n) is 3.61. The quantitative estimate of drug-likeness (QED) is 0.371. The third-order valence-corrected chi connectivity index (χ3v) is 3.61. The average Bonchev–Trinajstić information content (AvgIpc) is 2.75. The van der Waals surface area contributed by atoms with Crippen LogP contribution < -0.4 is 14.9 Å². The van der Waals surface area contributed by atoms with Gasteiger partial charge in [-0.05, 0) is 35.9 Å². The molecule has 0 atom stereocenters. The normalized spacial score (nSPS) is 10.5. The smallest absolute Gasteiger partial charge is 0.289 e. The van der Waals surface area contributed by atoms with Gasteiger partial charge in [0.15, 0.2) is 11.5 Å². The first-order chi connectivity index (χ1) is 14.1. The summed E-state index contributed by atoms with van der Waals surface area (Å²) >= 11 is 0. The molecule has 0 radical (unpaired) electrons. The SMILES string of the molecule is COc1cc(C=NNC(=O)c2ccccn2)ccc1Oc1ccc([N+](=O)[O-])cn1. The number of hydrogen-bond acceptors (Lipinski definition) is 8. The van der Waals surface area contributed by atoms with E-state index in [4.69, 9.17) is 9.47 Å². The number of hydrazone groups is 1. The molecule has 0 aliphatic heterocycles. The second-order valence-electron chi connectivity index (χ2n) is 5.54. The minimum absolute atomic E-state index is 0.136. The number of methoxy groups -OCH3 is 1. The molecule has 0 saturated carbocycles. The Bertz CT molecular complexity index is 1040. The molecule has 29 heavy (non-hydrogen) atoms. The maximum Gasteiger partial charge on any atom is 0.289 e. The Morgan fingerprint density at radius 1 is 1.17 bits per heavy atom. The molecule has 10 nitrogen and oxygen atoms in total. The van der Waals surface area contributed by atoms with Crippen molar-refractivity contribution in [2.24, 2.45) is 5.10 Å². The molecule has 0 unspecified atom stereocenters. The zero-order valence-corrected chi connectivity index (χ0v) is 15.2. The minimum atomic E-state index is -0.544. The van der Waals surface area contributed by atoms with Crippen molar-refractivity contribution in [1.29, 1.82) is 0 Å². The van der Waals surface area contributed by atoms with E-state index in [1.165, 1.54) is 31.7 Å². The maximum absolute atomic E-state index is 11.9. The molecule has 146 valence electrons. The summed E-state index contributed by atoms with van der Waals surface area (Å²) in [7, 11) is 1.47. The highest BCUT2D eigenvalue weighted by atomic mass is 16.6. The van der Waals surface area contributed by atoms with Crippen LogP contribution in [0.5, 0.6) is 17.4 Å². The highest BCUT2D eigenvalue weighted by Gasteiger charge is 2.10. The second kappa shape index (κ2) is 9.04. The van der Waals surface area contributed by atoms with E-state index in [2.05, 4.69) is 20.5 Å². The molecule has 1 aromatic carbocycles. The van der Waals surface area contributed by atoms with Gasteiger partial charge in [-0.25, -0.2) is 10.4 Å². The average molecular weight is 393 g/mol. The first-order valence-corrected chi connectivity index (χ1v) is 8.27. The van der Waals surface area contributed by atoms with Crippen molar-refractivity contribution in [3.8, 4) is 17.4 Å². The van der Waals surface area contributed by atoms with E-state index in [-0.39, 0.29) is 17.3 Å². The van der Waals surface area contributed by atoms with Gasteiger partial charge in [0.25, 0.3) is 11.6 Å². The molecule has 10 heteroatoms. The zero-order valence-electron chi connectivity index (χ0n) is 15.2. The molecule has 0 aliphatic carbocycles. The largest absolute Gasteiger partial charge is 0.493 e. The van der Waals surface area contributed by atoms with Crippen LogP contribution in [0.25, 0.3) is 0 Å². The topological polar surface area (TPSA) is 129 Å². The van der Waals surface area contributed by atoms with Gasteiger partial charge in [-0.2, -0.15) is 5.10 Å². The van der Waals surface area contributed by atoms with E-state index in [9.17, 15) is 14.9 Å². The number of aromatic nitrogens is 2. The molecule has 0 saturated heterocycles. The Balaban J connectivity index is 1.68. The molecule has 0 bridgehead atoms. The van der Waals surface area contributed by atoms with Crippen LogP contribution in [0.4, 0.5) is 5.69 Å². The number of pyridine rings is 2. The van der Waals surface area contributed by atoms with Crippen LogP contribution in [-0.4, -0.2) is 34.1 Å². The van der Waals surface area contributed by atoms with Gasteiger partial charge >= 0.3 is 0 Å². The summed E-state index contributed by atoms with van der Waals surface area (Å²) in [5, 5.41) is 14.6. The van der Waals surface area contributed by atoms with Gasteiger partial charge in [0.1, 0.15) is 11.9 Å². The molecular formula is C19H15N5O5. The van der Waals surface area contributed by atoms with Gasteiger partial charge in [-0.15, -0.1) is 0 Å². The molecular weight excluding hydrogens is 378 g/mol. The van der Waals surface area contributed by atoms with Crippen molar-refractivity contribution in [1.82, 2.24) is 15.4 Å². The first-order valence-electron chi connectivity index (χ1n) is 8.27. The number of ether oxygens (including phenoxy) is 2. The molecule has 0 spiro atoms. The number of nitrogens with one attached hydrogen (secondary N) is 1. The second-order valence-corrected chi connectivity index (χ2v) is 5.54. The van der Waals surface area contributed by atoms with Gasteiger partial charge in [0, 0.05) is 18.3 Å². The number of nitro groups is 1. The van der Waals surface area contributed by atoms with Crippen LogP contribution in [0, 0.1) is 10.1 Å². The van der Waals surface area contributed by atoms with E-state index >= 15 is 0 Å². The lowest BCUT2D eigenvalue weighted by Gasteiger charge is -2.10. The fourth-order valence-corrected chi connectivity index (χ4v) is 2.22. The predicted octanol–water partition coefficient (Wildman–Crippen LogP) is 2.95. The van der Waals surface area contributed by atoms with Gasteiger partial charge in [0.05, 0.1) is 18.2 Å². The van der Waals surface area contributed by atoms with Crippen molar-refractivity contribution in [3.05, 3.63) is 82.3 Å². The van der Waals surface area contributed by atoms with Gasteiger partial charge < -0.3 is 9.47 Å². The Labute approximate surface area is 165 Å². The van der Waals surface area contributed by atoms with Gasteiger partial charge in [-0.1, -0.05) is 6.07 Å². The molecule has 3 aromatic rings. The van der Waals surface area contributed by atoms with Crippen LogP contribution in [-0.2, 0) is 0 Å². The summed E-state index contributed by atoms with van der Waals surface area (Å²) in [5.74, 6) is 0.504.